The van der Waals surface area contributed by atoms with Crippen LogP contribution in [0.25, 0.3) is 0 Å². The first kappa shape index (κ1) is 18.2. The van der Waals surface area contributed by atoms with Crippen molar-refractivity contribution < 1.29 is 4.79 Å². The zero-order valence-corrected chi connectivity index (χ0v) is 16.6. The number of thiophene rings is 1. The van der Waals surface area contributed by atoms with Crippen molar-refractivity contribution in [2.45, 2.75) is 65.3 Å². The van der Waals surface area contributed by atoms with Gasteiger partial charge in [0.2, 0.25) is 0 Å². The Labute approximate surface area is 155 Å². The number of hydrogen-bond acceptors (Lipinski definition) is 2. The maximum Gasteiger partial charge on any atom is 0.252 e. The summed E-state index contributed by atoms with van der Waals surface area (Å²) in [5.74, 6) is 1.36. The van der Waals surface area contributed by atoms with Crippen molar-refractivity contribution >= 4 is 17.2 Å². The molecule has 3 heteroatoms. The summed E-state index contributed by atoms with van der Waals surface area (Å²) < 4.78 is 0. The molecule has 0 radical (unpaired) electrons. The second-order valence-corrected chi connectivity index (χ2v) is 8.62. The summed E-state index contributed by atoms with van der Waals surface area (Å²) in [4.78, 5) is 14.3. The molecule has 1 N–H and O–H groups in total. The van der Waals surface area contributed by atoms with Gasteiger partial charge in [-0.15, -0.1) is 11.3 Å². The fraction of sp³-hybridized carbons (Fsp3) is 0.500. The lowest BCUT2D eigenvalue weighted by molar-refractivity contribution is 0.0934. The third-order valence-electron chi connectivity index (χ3n) is 5.37. The highest BCUT2D eigenvalue weighted by Crippen LogP contribution is 2.33. The molecule has 0 fully saturated rings. The van der Waals surface area contributed by atoms with Crippen LogP contribution in [0.5, 0.6) is 0 Å². The highest BCUT2D eigenvalue weighted by atomic mass is 32.1. The molecule has 1 heterocycles. The lowest BCUT2D eigenvalue weighted by atomic mass is 9.88. The summed E-state index contributed by atoms with van der Waals surface area (Å²) in [6.45, 7) is 8.84. The Morgan fingerprint density at radius 1 is 1.24 bits per heavy atom. The molecule has 0 spiro atoms. The molecule has 0 unspecified atom stereocenters. The van der Waals surface area contributed by atoms with Crippen LogP contribution in [0.3, 0.4) is 0 Å². The topological polar surface area (TPSA) is 29.1 Å². The normalized spacial score (nSPS) is 18.0. The van der Waals surface area contributed by atoms with E-state index in [0.29, 0.717) is 5.92 Å². The number of rotatable bonds is 5. The molecule has 134 valence electrons. The van der Waals surface area contributed by atoms with Crippen LogP contribution in [-0.4, -0.2) is 5.91 Å². The average Bonchev–Trinajstić information content (AvgIpc) is 3.02. The summed E-state index contributed by atoms with van der Waals surface area (Å²) >= 11 is 1.76. The van der Waals surface area contributed by atoms with E-state index in [0.717, 1.165) is 30.7 Å². The van der Waals surface area contributed by atoms with Crippen LogP contribution >= 0.6 is 11.3 Å². The molecule has 2 aromatic rings. The molecule has 3 rings (SSSR count). The van der Waals surface area contributed by atoms with E-state index in [4.69, 9.17) is 0 Å². The molecule has 1 aliphatic carbocycles. The SMILES string of the molecule is CC[C@@H](NC(=O)c1csc2c1CC[C@H](C)C2)c1ccc(C(C)C)cc1. The van der Waals surface area contributed by atoms with Crippen LogP contribution in [0, 0.1) is 5.92 Å². The minimum Gasteiger partial charge on any atom is -0.345 e. The standard InChI is InChI=1S/C22H29NOS/c1-5-20(17-9-7-16(8-10-17)14(2)3)23-22(24)19-13-25-21-12-15(4)6-11-18(19)21/h7-10,13-15,20H,5-6,11-12H2,1-4H3,(H,23,24)/t15-,20+/m0/s1. The zero-order chi connectivity index (χ0) is 18.0. The highest BCUT2D eigenvalue weighted by molar-refractivity contribution is 7.10. The van der Waals surface area contributed by atoms with Crippen molar-refractivity contribution in [2.75, 3.05) is 0 Å². The number of carbonyl (C=O) groups is 1. The number of amides is 1. The van der Waals surface area contributed by atoms with E-state index in [1.165, 1.54) is 28.0 Å². The third kappa shape index (κ3) is 3.98. The van der Waals surface area contributed by atoms with E-state index in [9.17, 15) is 4.79 Å². The summed E-state index contributed by atoms with van der Waals surface area (Å²) in [5.41, 5.74) is 4.73. The second-order valence-electron chi connectivity index (χ2n) is 7.65. The Kier molecular flexibility index (Phi) is 5.63. The number of nitrogens with one attached hydrogen (secondary N) is 1. The summed E-state index contributed by atoms with van der Waals surface area (Å²) in [6.07, 6.45) is 4.26. The van der Waals surface area contributed by atoms with Crippen LogP contribution in [0.2, 0.25) is 0 Å². The second kappa shape index (κ2) is 7.74. The molecule has 1 aliphatic rings. The molecular formula is C22H29NOS. The van der Waals surface area contributed by atoms with E-state index >= 15 is 0 Å². The van der Waals surface area contributed by atoms with Crippen molar-refractivity contribution in [3.8, 4) is 0 Å². The third-order valence-corrected chi connectivity index (χ3v) is 6.42. The quantitative estimate of drug-likeness (QED) is 0.713. The molecule has 0 bridgehead atoms. The van der Waals surface area contributed by atoms with Crippen LogP contribution in [0.15, 0.2) is 29.6 Å². The molecule has 25 heavy (non-hydrogen) atoms. The van der Waals surface area contributed by atoms with Gasteiger partial charge < -0.3 is 5.32 Å². The zero-order valence-electron chi connectivity index (χ0n) is 15.8. The maximum atomic E-state index is 12.9. The Balaban J connectivity index is 1.75. The lowest BCUT2D eigenvalue weighted by Gasteiger charge is -2.21. The molecule has 0 saturated carbocycles. The highest BCUT2D eigenvalue weighted by Gasteiger charge is 2.24. The molecular weight excluding hydrogens is 326 g/mol. The van der Waals surface area contributed by atoms with Gasteiger partial charge in [-0.1, -0.05) is 52.0 Å². The lowest BCUT2D eigenvalue weighted by Crippen LogP contribution is -2.29. The van der Waals surface area contributed by atoms with Crippen molar-refractivity contribution in [2.24, 2.45) is 5.92 Å². The van der Waals surface area contributed by atoms with Crippen molar-refractivity contribution in [3.05, 3.63) is 56.8 Å². The summed E-state index contributed by atoms with van der Waals surface area (Å²) in [5, 5.41) is 5.33. The smallest absolute Gasteiger partial charge is 0.252 e. The number of benzene rings is 1. The first-order valence-electron chi connectivity index (χ1n) is 9.49. The van der Waals surface area contributed by atoms with Gasteiger partial charge in [-0.3, -0.25) is 4.79 Å². The van der Waals surface area contributed by atoms with Crippen molar-refractivity contribution in [3.63, 3.8) is 0 Å². The first-order valence-corrected chi connectivity index (χ1v) is 10.4. The minimum absolute atomic E-state index is 0.0757. The minimum atomic E-state index is 0.0757. The summed E-state index contributed by atoms with van der Waals surface area (Å²) in [7, 11) is 0. The van der Waals surface area contributed by atoms with E-state index in [1.54, 1.807) is 11.3 Å². The van der Waals surface area contributed by atoms with Gasteiger partial charge in [0.15, 0.2) is 0 Å². The Morgan fingerprint density at radius 2 is 1.92 bits per heavy atom. The molecule has 1 amide bonds. The van der Waals surface area contributed by atoms with Crippen LogP contribution in [0.4, 0.5) is 0 Å². The van der Waals surface area contributed by atoms with Crippen molar-refractivity contribution in [1.29, 1.82) is 0 Å². The molecule has 0 saturated heterocycles. The molecule has 1 aromatic heterocycles. The number of carbonyl (C=O) groups excluding carboxylic acids is 1. The van der Waals surface area contributed by atoms with Gasteiger partial charge in [0.25, 0.3) is 5.91 Å². The van der Waals surface area contributed by atoms with Crippen LogP contribution in [-0.2, 0) is 12.8 Å². The fourth-order valence-corrected chi connectivity index (χ4v) is 4.88. The number of hydrogen-bond donors (Lipinski definition) is 1. The largest absolute Gasteiger partial charge is 0.345 e. The summed E-state index contributed by atoms with van der Waals surface area (Å²) in [6, 6.07) is 8.76. The van der Waals surface area contributed by atoms with Crippen LogP contribution in [0.1, 0.15) is 84.4 Å². The van der Waals surface area contributed by atoms with Gasteiger partial charge >= 0.3 is 0 Å². The maximum absolute atomic E-state index is 12.9. The number of fused-ring (bicyclic) bond motifs is 1. The van der Waals surface area contributed by atoms with E-state index in [1.807, 2.05) is 0 Å². The fourth-order valence-electron chi connectivity index (χ4n) is 3.64. The predicted molar refractivity (Wildman–Crippen MR) is 107 cm³/mol. The van der Waals surface area contributed by atoms with E-state index in [-0.39, 0.29) is 11.9 Å². The van der Waals surface area contributed by atoms with E-state index in [2.05, 4.69) is 62.7 Å². The van der Waals surface area contributed by atoms with Gasteiger partial charge in [-0.25, -0.2) is 0 Å². The first-order chi connectivity index (χ1) is 12.0. The predicted octanol–water partition coefficient (Wildman–Crippen LogP) is 5.88. The molecule has 2 atom stereocenters. The Bertz CT molecular complexity index is 729. The van der Waals surface area contributed by atoms with Crippen molar-refractivity contribution in [1.82, 2.24) is 5.32 Å². The van der Waals surface area contributed by atoms with Gasteiger partial charge in [0.1, 0.15) is 0 Å². The van der Waals surface area contributed by atoms with E-state index < -0.39 is 0 Å². The van der Waals surface area contributed by atoms with Gasteiger partial charge in [0.05, 0.1) is 11.6 Å². The van der Waals surface area contributed by atoms with Gasteiger partial charge in [-0.2, -0.15) is 0 Å². The average molecular weight is 356 g/mol. The Morgan fingerprint density at radius 3 is 2.56 bits per heavy atom. The van der Waals surface area contributed by atoms with Gasteiger partial charge in [-0.05, 0) is 54.2 Å². The monoisotopic (exact) mass is 355 g/mol. The van der Waals surface area contributed by atoms with Crippen LogP contribution < -0.4 is 5.32 Å². The van der Waals surface area contributed by atoms with Gasteiger partial charge in [0, 0.05) is 10.3 Å². The molecule has 1 aromatic carbocycles. The molecule has 2 nitrogen and oxygen atoms in total. The Hall–Kier alpha value is -1.61. The molecule has 0 aliphatic heterocycles.